The first-order valence-electron chi connectivity index (χ1n) is 10.3. The van der Waals surface area contributed by atoms with Gasteiger partial charge in [0.2, 0.25) is 0 Å². The molecular formula is C24H25ClN4O2. The van der Waals surface area contributed by atoms with Crippen molar-refractivity contribution in [1.29, 1.82) is 0 Å². The van der Waals surface area contributed by atoms with Gasteiger partial charge < -0.3 is 4.74 Å². The fourth-order valence-electron chi connectivity index (χ4n) is 4.16. The number of para-hydroxylation sites is 1. The molecule has 0 N–H and O–H groups in total. The third-order valence-corrected chi connectivity index (χ3v) is 5.56. The molecule has 3 heterocycles. The fourth-order valence-corrected chi connectivity index (χ4v) is 4.16. The monoisotopic (exact) mass is 436 g/mol. The molecule has 0 bridgehead atoms. The van der Waals surface area contributed by atoms with Crippen LogP contribution >= 0.6 is 12.4 Å². The third-order valence-electron chi connectivity index (χ3n) is 5.56. The van der Waals surface area contributed by atoms with Crippen LogP contribution in [0.3, 0.4) is 0 Å². The first-order chi connectivity index (χ1) is 14.8. The van der Waals surface area contributed by atoms with E-state index in [0.717, 1.165) is 30.8 Å². The molecule has 6 nitrogen and oxygen atoms in total. The average molecular weight is 437 g/mol. The van der Waals surface area contributed by atoms with Crippen LogP contribution in [0.2, 0.25) is 0 Å². The minimum Gasteiger partial charge on any atom is -0.374 e. The SMILES string of the molecule is Cl.O=c1n(CC2CN(Cc3ccccc3)CCO2)c2ncccc2n1-c1ccccc1. The Balaban J connectivity index is 0.00000231. The van der Waals surface area contributed by atoms with Crippen molar-refractivity contribution in [1.82, 2.24) is 19.0 Å². The van der Waals surface area contributed by atoms with E-state index in [9.17, 15) is 4.79 Å². The highest BCUT2D eigenvalue weighted by molar-refractivity contribution is 5.85. The highest BCUT2D eigenvalue weighted by Gasteiger charge is 2.24. The Morgan fingerprint density at radius 1 is 0.968 bits per heavy atom. The van der Waals surface area contributed by atoms with Crippen LogP contribution in [0.25, 0.3) is 16.9 Å². The van der Waals surface area contributed by atoms with Crippen molar-refractivity contribution in [3.05, 3.63) is 95.0 Å². The van der Waals surface area contributed by atoms with Gasteiger partial charge in [0.05, 0.1) is 30.5 Å². The summed E-state index contributed by atoms with van der Waals surface area (Å²) in [5.41, 5.74) is 3.55. The molecule has 1 atom stereocenters. The molecule has 31 heavy (non-hydrogen) atoms. The highest BCUT2D eigenvalue weighted by atomic mass is 35.5. The second-order valence-electron chi connectivity index (χ2n) is 7.62. The number of imidazole rings is 1. The molecule has 0 radical (unpaired) electrons. The van der Waals surface area contributed by atoms with Crippen LogP contribution in [-0.4, -0.2) is 44.8 Å². The number of ether oxygens (including phenoxy) is 1. The lowest BCUT2D eigenvalue weighted by molar-refractivity contribution is -0.0387. The molecule has 2 aromatic carbocycles. The van der Waals surface area contributed by atoms with Crippen molar-refractivity contribution in [3.8, 4) is 5.69 Å². The molecule has 7 heteroatoms. The Morgan fingerprint density at radius 2 is 1.71 bits per heavy atom. The summed E-state index contributed by atoms with van der Waals surface area (Å²) in [5, 5.41) is 0. The standard InChI is InChI=1S/C24H24N4O2.ClH/c29-24-27(18-21-17-26(14-15-30-21)16-19-8-3-1-4-9-19)23-22(12-7-13-25-23)28(24)20-10-5-2-6-11-20;/h1-13,21H,14-18H2;1H. The van der Waals surface area contributed by atoms with Crippen LogP contribution in [0.15, 0.2) is 83.8 Å². The molecule has 4 aromatic rings. The predicted octanol–water partition coefficient (Wildman–Crippen LogP) is 3.51. The summed E-state index contributed by atoms with van der Waals surface area (Å²) < 4.78 is 9.51. The smallest absolute Gasteiger partial charge is 0.335 e. The summed E-state index contributed by atoms with van der Waals surface area (Å²) in [5.74, 6) is 0. The zero-order valence-electron chi connectivity index (χ0n) is 17.1. The summed E-state index contributed by atoms with van der Waals surface area (Å²) in [6.07, 6.45) is 1.67. The molecule has 0 saturated carbocycles. The van der Waals surface area contributed by atoms with Gasteiger partial charge in [0, 0.05) is 25.8 Å². The molecular weight excluding hydrogens is 412 g/mol. The Morgan fingerprint density at radius 3 is 2.48 bits per heavy atom. The number of morpholine rings is 1. The van der Waals surface area contributed by atoms with Crippen molar-refractivity contribution in [2.24, 2.45) is 0 Å². The minimum atomic E-state index is -0.0846. The quantitative estimate of drug-likeness (QED) is 0.480. The molecule has 5 rings (SSSR count). The number of hydrogen-bond acceptors (Lipinski definition) is 4. The van der Waals surface area contributed by atoms with Gasteiger partial charge in [-0.25, -0.2) is 9.78 Å². The van der Waals surface area contributed by atoms with Crippen molar-refractivity contribution in [2.75, 3.05) is 19.7 Å². The average Bonchev–Trinajstić information content (AvgIpc) is 3.07. The number of aromatic nitrogens is 3. The van der Waals surface area contributed by atoms with Gasteiger partial charge in [0.1, 0.15) is 0 Å². The van der Waals surface area contributed by atoms with Gasteiger partial charge >= 0.3 is 5.69 Å². The van der Waals surface area contributed by atoms with Gasteiger partial charge in [-0.1, -0.05) is 48.5 Å². The predicted molar refractivity (Wildman–Crippen MR) is 124 cm³/mol. The first-order valence-corrected chi connectivity index (χ1v) is 10.3. The number of nitrogens with zero attached hydrogens (tertiary/aromatic N) is 4. The number of pyridine rings is 1. The topological polar surface area (TPSA) is 52.3 Å². The van der Waals surface area contributed by atoms with Crippen LogP contribution in [0, 0.1) is 0 Å². The van der Waals surface area contributed by atoms with E-state index < -0.39 is 0 Å². The van der Waals surface area contributed by atoms with Crippen molar-refractivity contribution in [2.45, 2.75) is 19.2 Å². The molecule has 1 aliphatic rings. The van der Waals surface area contributed by atoms with Crippen LogP contribution in [0.5, 0.6) is 0 Å². The molecule has 160 valence electrons. The molecule has 0 aliphatic carbocycles. The first kappa shape index (κ1) is 21.3. The van der Waals surface area contributed by atoms with E-state index in [-0.39, 0.29) is 24.2 Å². The Bertz CT molecular complexity index is 1190. The zero-order chi connectivity index (χ0) is 20.3. The van der Waals surface area contributed by atoms with E-state index in [1.807, 2.05) is 48.5 Å². The van der Waals surface area contributed by atoms with E-state index in [2.05, 4.69) is 34.1 Å². The highest BCUT2D eigenvalue weighted by Crippen LogP contribution is 2.18. The molecule has 0 spiro atoms. The van der Waals surface area contributed by atoms with Gasteiger partial charge in [-0.3, -0.25) is 14.0 Å². The van der Waals surface area contributed by atoms with Gasteiger partial charge in [0.15, 0.2) is 5.65 Å². The normalized spacial score (nSPS) is 16.8. The summed E-state index contributed by atoms with van der Waals surface area (Å²) in [6, 6.07) is 24.0. The number of halogens is 1. The molecule has 1 saturated heterocycles. The summed E-state index contributed by atoms with van der Waals surface area (Å²) in [4.78, 5) is 20.3. The van der Waals surface area contributed by atoms with Gasteiger partial charge in [-0.15, -0.1) is 12.4 Å². The zero-order valence-corrected chi connectivity index (χ0v) is 17.9. The molecule has 0 amide bonds. The Labute approximate surface area is 187 Å². The summed E-state index contributed by atoms with van der Waals surface area (Å²) in [7, 11) is 0. The summed E-state index contributed by atoms with van der Waals surface area (Å²) >= 11 is 0. The number of fused-ring (bicyclic) bond motifs is 1. The number of hydrogen-bond donors (Lipinski definition) is 0. The van der Waals surface area contributed by atoms with Gasteiger partial charge in [-0.05, 0) is 29.8 Å². The van der Waals surface area contributed by atoms with E-state index >= 15 is 0 Å². The fraction of sp³-hybridized carbons (Fsp3) is 0.250. The van der Waals surface area contributed by atoms with Gasteiger partial charge in [0.25, 0.3) is 0 Å². The van der Waals surface area contributed by atoms with Crippen molar-refractivity contribution >= 4 is 23.6 Å². The molecule has 1 fully saturated rings. The van der Waals surface area contributed by atoms with Gasteiger partial charge in [-0.2, -0.15) is 0 Å². The minimum absolute atomic E-state index is 0. The lowest BCUT2D eigenvalue weighted by atomic mass is 10.2. The van der Waals surface area contributed by atoms with Crippen LogP contribution in [0.4, 0.5) is 0 Å². The number of rotatable bonds is 5. The molecule has 1 aliphatic heterocycles. The van der Waals surface area contributed by atoms with E-state index in [1.54, 1.807) is 15.3 Å². The van der Waals surface area contributed by atoms with Crippen molar-refractivity contribution in [3.63, 3.8) is 0 Å². The third kappa shape index (κ3) is 4.42. The van der Waals surface area contributed by atoms with E-state index in [0.29, 0.717) is 18.8 Å². The maximum Gasteiger partial charge on any atom is 0.335 e. The maximum absolute atomic E-state index is 13.4. The molecule has 2 aromatic heterocycles. The summed E-state index contributed by atoms with van der Waals surface area (Å²) in [6.45, 7) is 3.71. The van der Waals surface area contributed by atoms with Crippen molar-refractivity contribution < 1.29 is 4.74 Å². The molecule has 1 unspecified atom stereocenters. The second kappa shape index (κ2) is 9.47. The Hall–Kier alpha value is -2.93. The maximum atomic E-state index is 13.4. The largest absolute Gasteiger partial charge is 0.374 e. The lowest BCUT2D eigenvalue weighted by Crippen LogP contribution is -2.44. The lowest BCUT2D eigenvalue weighted by Gasteiger charge is -2.33. The van der Waals surface area contributed by atoms with E-state index in [4.69, 9.17) is 4.74 Å². The number of benzene rings is 2. The van der Waals surface area contributed by atoms with Crippen LogP contribution in [0.1, 0.15) is 5.56 Å². The van der Waals surface area contributed by atoms with E-state index in [1.165, 1.54) is 5.56 Å². The van der Waals surface area contributed by atoms with Crippen LogP contribution < -0.4 is 5.69 Å². The van der Waals surface area contributed by atoms with Crippen LogP contribution in [-0.2, 0) is 17.8 Å². The second-order valence-corrected chi connectivity index (χ2v) is 7.62. The Kier molecular flexibility index (Phi) is 6.51.